The summed E-state index contributed by atoms with van der Waals surface area (Å²) in [5, 5.41) is 9.82. The topological polar surface area (TPSA) is 104 Å². The Morgan fingerprint density at radius 2 is 1.86 bits per heavy atom. The van der Waals surface area contributed by atoms with Crippen LogP contribution in [0.5, 0.6) is 0 Å². The van der Waals surface area contributed by atoms with Crippen molar-refractivity contribution >= 4 is 17.7 Å². The zero-order valence-electron chi connectivity index (χ0n) is 16.4. The second-order valence-electron chi connectivity index (χ2n) is 7.41. The van der Waals surface area contributed by atoms with Gasteiger partial charge in [-0.25, -0.2) is 14.4 Å². The number of amides is 4. The van der Waals surface area contributed by atoms with Crippen LogP contribution in [0.4, 0.5) is 15.3 Å². The smallest absolute Gasteiger partial charge is 0.338 e. The van der Waals surface area contributed by atoms with E-state index < -0.39 is 0 Å². The molecule has 0 aliphatic carbocycles. The number of carbonyl (C=O) groups is 2. The molecule has 2 aliphatic rings. The average molecular weight is 399 g/mol. The number of rotatable bonds is 3. The van der Waals surface area contributed by atoms with Crippen molar-refractivity contribution in [3.8, 4) is 5.69 Å². The van der Waals surface area contributed by atoms with Crippen molar-refractivity contribution in [2.75, 3.05) is 31.5 Å². The molecule has 29 heavy (non-hydrogen) atoms. The second kappa shape index (κ2) is 7.98. The van der Waals surface area contributed by atoms with Gasteiger partial charge in [0.1, 0.15) is 6.33 Å². The maximum atomic E-state index is 12.6. The van der Waals surface area contributed by atoms with Gasteiger partial charge in [0.2, 0.25) is 0 Å². The predicted molar refractivity (Wildman–Crippen MR) is 107 cm³/mol. The minimum Gasteiger partial charge on any atom is -0.338 e. The first-order valence-electron chi connectivity index (χ1n) is 9.84. The van der Waals surface area contributed by atoms with Crippen LogP contribution >= 0.6 is 0 Å². The van der Waals surface area contributed by atoms with E-state index >= 15 is 0 Å². The summed E-state index contributed by atoms with van der Waals surface area (Å²) in [5.74, 6) is 0. The van der Waals surface area contributed by atoms with Gasteiger partial charge in [-0.1, -0.05) is 0 Å². The lowest BCUT2D eigenvalue weighted by atomic mass is 10.0. The Hall–Kier alpha value is -3.30. The maximum absolute atomic E-state index is 12.6. The summed E-state index contributed by atoms with van der Waals surface area (Å²) in [6, 6.07) is 7.02. The third kappa shape index (κ3) is 3.96. The number of aromatic nitrogens is 3. The molecule has 2 saturated heterocycles. The molecule has 154 valence electrons. The van der Waals surface area contributed by atoms with Gasteiger partial charge >= 0.3 is 17.8 Å². The van der Waals surface area contributed by atoms with Gasteiger partial charge in [-0.3, -0.25) is 4.57 Å². The number of aryl methyl sites for hydroxylation is 1. The van der Waals surface area contributed by atoms with Crippen LogP contribution in [0, 0.1) is 0 Å². The van der Waals surface area contributed by atoms with E-state index in [4.69, 9.17) is 0 Å². The number of urea groups is 2. The van der Waals surface area contributed by atoms with Crippen LogP contribution in [-0.4, -0.2) is 68.4 Å². The molecule has 4 rings (SSSR count). The molecule has 0 radical (unpaired) electrons. The van der Waals surface area contributed by atoms with Crippen molar-refractivity contribution in [3.05, 3.63) is 41.1 Å². The van der Waals surface area contributed by atoms with Crippen LogP contribution in [0.25, 0.3) is 5.69 Å². The van der Waals surface area contributed by atoms with Crippen LogP contribution in [0.1, 0.15) is 19.3 Å². The van der Waals surface area contributed by atoms with Gasteiger partial charge in [0.05, 0.1) is 5.69 Å². The monoisotopic (exact) mass is 399 g/mol. The van der Waals surface area contributed by atoms with Crippen molar-refractivity contribution in [3.63, 3.8) is 0 Å². The Morgan fingerprint density at radius 1 is 1.14 bits per heavy atom. The number of nitrogens with one attached hydrogen (secondary N) is 2. The molecule has 0 unspecified atom stereocenters. The third-order valence-corrected chi connectivity index (χ3v) is 5.49. The lowest BCUT2D eigenvalue weighted by Gasteiger charge is -2.40. The average Bonchev–Trinajstić information content (AvgIpc) is 3.08. The number of benzene rings is 1. The van der Waals surface area contributed by atoms with E-state index in [-0.39, 0.29) is 23.8 Å². The van der Waals surface area contributed by atoms with Crippen molar-refractivity contribution in [1.82, 2.24) is 29.5 Å². The highest BCUT2D eigenvalue weighted by Crippen LogP contribution is 2.20. The van der Waals surface area contributed by atoms with E-state index in [0.717, 1.165) is 32.4 Å². The Kier molecular flexibility index (Phi) is 5.24. The number of hydrogen-bond acceptors (Lipinski definition) is 4. The summed E-state index contributed by atoms with van der Waals surface area (Å²) >= 11 is 0. The van der Waals surface area contributed by atoms with Gasteiger partial charge in [-0.2, -0.15) is 9.78 Å². The van der Waals surface area contributed by atoms with E-state index in [9.17, 15) is 14.4 Å². The van der Waals surface area contributed by atoms with E-state index in [1.807, 2.05) is 4.90 Å². The zero-order valence-corrected chi connectivity index (χ0v) is 16.4. The Bertz CT molecular complexity index is 941. The van der Waals surface area contributed by atoms with E-state index in [0.29, 0.717) is 24.5 Å². The largest absolute Gasteiger partial charge is 0.350 e. The van der Waals surface area contributed by atoms with Crippen LogP contribution in [0.3, 0.4) is 0 Å². The van der Waals surface area contributed by atoms with E-state index in [1.54, 1.807) is 36.2 Å². The summed E-state index contributed by atoms with van der Waals surface area (Å²) in [4.78, 5) is 40.2. The Labute approximate surface area is 168 Å². The fourth-order valence-electron chi connectivity index (χ4n) is 3.82. The highest BCUT2D eigenvalue weighted by Gasteiger charge is 2.30. The molecular weight excluding hydrogens is 374 g/mol. The maximum Gasteiger partial charge on any atom is 0.350 e. The second-order valence-corrected chi connectivity index (χ2v) is 7.41. The number of carbonyl (C=O) groups excluding carboxylic acids is 2. The normalized spacial score (nSPS) is 17.9. The van der Waals surface area contributed by atoms with Crippen LogP contribution in [0.15, 0.2) is 35.4 Å². The first kappa shape index (κ1) is 19.0. The molecule has 0 saturated carbocycles. The molecule has 2 N–H and O–H groups in total. The van der Waals surface area contributed by atoms with Crippen molar-refractivity contribution in [1.29, 1.82) is 0 Å². The van der Waals surface area contributed by atoms with Crippen LogP contribution in [-0.2, 0) is 7.05 Å². The molecule has 10 heteroatoms. The molecule has 2 fully saturated rings. The predicted octanol–water partition coefficient (Wildman–Crippen LogP) is 0.983. The number of nitrogens with zero attached hydrogens (tertiary/aromatic N) is 5. The van der Waals surface area contributed by atoms with E-state index in [2.05, 4.69) is 15.7 Å². The minimum atomic E-state index is -0.230. The summed E-state index contributed by atoms with van der Waals surface area (Å²) in [7, 11) is 1.64. The summed E-state index contributed by atoms with van der Waals surface area (Å²) in [6.45, 7) is 2.75. The SMILES string of the molecule is Cn1cnn(-c2ccc(NC(=O)N3CCC(N4CCCNC4=O)CC3)cc2)c1=O. The van der Waals surface area contributed by atoms with Gasteiger partial charge in [0, 0.05) is 45.0 Å². The van der Waals surface area contributed by atoms with Gasteiger partial charge in [-0.05, 0) is 43.5 Å². The Morgan fingerprint density at radius 3 is 2.48 bits per heavy atom. The van der Waals surface area contributed by atoms with Gasteiger partial charge in [-0.15, -0.1) is 0 Å². The summed E-state index contributed by atoms with van der Waals surface area (Å²) < 4.78 is 2.69. The molecule has 4 amide bonds. The standard InChI is InChI=1S/C19H25N7O3/c1-23-13-21-26(19(23)29)16-5-3-14(4-6-16)22-18(28)24-11-7-15(8-12-24)25-10-2-9-20-17(25)27/h3-6,13,15H,2,7-12H2,1H3,(H,20,27)(H,22,28). The number of likely N-dealkylation sites (tertiary alicyclic amines) is 1. The van der Waals surface area contributed by atoms with E-state index in [1.165, 1.54) is 15.6 Å². The molecule has 0 bridgehead atoms. The molecule has 0 atom stereocenters. The summed E-state index contributed by atoms with van der Waals surface area (Å²) in [6.07, 6.45) is 3.98. The summed E-state index contributed by atoms with van der Waals surface area (Å²) in [5.41, 5.74) is 1.06. The van der Waals surface area contributed by atoms with Crippen molar-refractivity contribution in [2.24, 2.45) is 7.05 Å². The first-order chi connectivity index (χ1) is 14.0. The quantitative estimate of drug-likeness (QED) is 0.803. The first-order valence-corrected chi connectivity index (χ1v) is 9.84. The van der Waals surface area contributed by atoms with Gasteiger partial charge in [0.25, 0.3) is 0 Å². The van der Waals surface area contributed by atoms with Crippen molar-refractivity contribution < 1.29 is 9.59 Å². The van der Waals surface area contributed by atoms with Gasteiger partial charge in [0.15, 0.2) is 0 Å². The minimum absolute atomic E-state index is 0.00579. The molecule has 1 aromatic heterocycles. The molecular formula is C19H25N7O3. The fraction of sp³-hybridized carbons (Fsp3) is 0.474. The molecule has 10 nitrogen and oxygen atoms in total. The number of piperidine rings is 1. The molecule has 0 spiro atoms. The number of hydrogen-bond donors (Lipinski definition) is 2. The lowest BCUT2D eigenvalue weighted by molar-refractivity contribution is 0.122. The van der Waals surface area contributed by atoms with Gasteiger partial charge < -0.3 is 20.4 Å². The molecule has 2 aliphatic heterocycles. The molecule has 1 aromatic carbocycles. The van der Waals surface area contributed by atoms with Crippen LogP contribution in [0.2, 0.25) is 0 Å². The third-order valence-electron chi connectivity index (χ3n) is 5.49. The highest BCUT2D eigenvalue weighted by molar-refractivity contribution is 5.89. The highest BCUT2D eigenvalue weighted by atomic mass is 16.2. The molecule has 2 aromatic rings. The molecule has 3 heterocycles. The fourth-order valence-corrected chi connectivity index (χ4v) is 3.82. The van der Waals surface area contributed by atoms with Crippen molar-refractivity contribution in [2.45, 2.75) is 25.3 Å². The number of anilines is 1. The Balaban J connectivity index is 1.32. The van der Waals surface area contributed by atoms with Crippen LogP contribution < -0.4 is 16.3 Å². The lowest BCUT2D eigenvalue weighted by Crippen LogP contribution is -2.55. The zero-order chi connectivity index (χ0) is 20.4.